The molecule has 0 bridgehead atoms. The van der Waals surface area contributed by atoms with Crippen LogP contribution in [0.1, 0.15) is 12.5 Å². The lowest BCUT2D eigenvalue weighted by Gasteiger charge is -2.17. The van der Waals surface area contributed by atoms with Crippen molar-refractivity contribution in [3.05, 3.63) is 29.8 Å². The number of hydrogen-bond acceptors (Lipinski definition) is 2. The minimum Gasteiger partial charge on any atom is -0.481 e. The van der Waals surface area contributed by atoms with E-state index in [1.807, 2.05) is 6.92 Å². The fourth-order valence-corrected chi connectivity index (χ4v) is 2.34. The largest absolute Gasteiger partial charge is 0.481 e. The number of likely N-dealkylation sites (tertiary alicyclic amines) is 1. The van der Waals surface area contributed by atoms with E-state index in [-0.39, 0.29) is 18.5 Å². The summed E-state index contributed by atoms with van der Waals surface area (Å²) in [7, 11) is 0. The van der Waals surface area contributed by atoms with Crippen molar-refractivity contribution in [3.63, 3.8) is 0 Å². The lowest BCUT2D eigenvalue weighted by molar-refractivity contribution is -0.142. The molecule has 1 aromatic rings. The number of hydrogen-bond donors (Lipinski definition) is 2. The molecule has 2 atom stereocenters. The minimum atomic E-state index is -0.859. The number of nitrogens with zero attached hydrogens (tertiary/aromatic N) is 1. The number of nitrogens with one attached hydrogen (secondary N) is 1. The molecule has 2 N–H and O–H groups in total. The van der Waals surface area contributed by atoms with Gasteiger partial charge in [-0.3, -0.25) is 4.79 Å². The Kier molecular flexibility index (Phi) is 3.94. The van der Waals surface area contributed by atoms with Crippen molar-refractivity contribution in [2.45, 2.75) is 6.92 Å². The Labute approximate surface area is 117 Å². The average molecular weight is 272 g/mol. The summed E-state index contributed by atoms with van der Waals surface area (Å²) in [6.07, 6.45) is 5.30. The van der Waals surface area contributed by atoms with E-state index in [0.717, 1.165) is 0 Å². The summed E-state index contributed by atoms with van der Waals surface area (Å²) in [5.41, 5.74) is 1.29. The summed E-state index contributed by atoms with van der Waals surface area (Å²) >= 11 is 0. The lowest BCUT2D eigenvalue weighted by Crippen LogP contribution is -2.33. The van der Waals surface area contributed by atoms with E-state index in [1.165, 1.54) is 4.90 Å². The molecule has 1 aliphatic rings. The summed E-state index contributed by atoms with van der Waals surface area (Å²) in [5, 5.41) is 11.8. The van der Waals surface area contributed by atoms with Gasteiger partial charge in [-0.05, 0) is 24.1 Å². The van der Waals surface area contributed by atoms with E-state index in [4.69, 9.17) is 11.5 Å². The van der Waals surface area contributed by atoms with Gasteiger partial charge in [-0.2, -0.15) is 0 Å². The second kappa shape index (κ2) is 5.66. The number of aliphatic carboxylic acids is 1. The normalized spacial score (nSPS) is 21.3. The molecule has 0 radical (unpaired) electrons. The third kappa shape index (κ3) is 2.91. The van der Waals surface area contributed by atoms with E-state index >= 15 is 0 Å². The molecule has 20 heavy (non-hydrogen) atoms. The fourth-order valence-electron chi connectivity index (χ4n) is 2.34. The fraction of sp³-hybridized carbons (Fsp3) is 0.333. The van der Waals surface area contributed by atoms with Crippen LogP contribution in [-0.4, -0.2) is 35.1 Å². The summed E-state index contributed by atoms with van der Waals surface area (Å²) < 4.78 is 0. The first-order chi connectivity index (χ1) is 9.51. The molecule has 1 heterocycles. The van der Waals surface area contributed by atoms with Crippen molar-refractivity contribution >= 4 is 17.7 Å². The number of anilines is 1. The molecule has 0 saturated carbocycles. The molecule has 1 aliphatic heterocycles. The van der Waals surface area contributed by atoms with Gasteiger partial charge in [0.25, 0.3) is 0 Å². The monoisotopic (exact) mass is 272 g/mol. The Morgan fingerprint density at radius 3 is 2.80 bits per heavy atom. The maximum absolute atomic E-state index is 12.1. The van der Waals surface area contributed by atoms with Crippen molar-refractivity contribution in [1.82, 2.24) is 4.90 Å². The molecular formula is C15H16N2O3. The van der Waals surface area contributed by atoms with Crippen LogP contribution in [0, 0.1) is 24.2 Å². The van der Waals surface area contributed by atoms with Gasteiger partial charge in [0.1, 0.15) is 0 Å². The highest BCUT2D eigenvalue weighted by Crippen LogP contribution is 2.24. The van der Waals surface area contributed by atoms with Gasteiger partial charge in [0.15, 0.2) is 0 Å². The van der Waals surface area contributed by atoms with Crippen molar-refractivity contribution in [1.29, 1.82) is 0 Å². The number of terminal acetylenes is 1. The molecule has 5 heteroatoms. The van der Waals surface area contributed by atoms with Crippen LogP contribution >= 0.6 is 0 Å². The van der Waals surface area contributed by atoms with Gasteiger partial charge in [-0.25, -0.2) is 4.79 Å². The SMILES string of the molecule is C#Cc1cccc(NC(=O)N2C[C@@H](C)[C@H](C(=O)O)C2)c1. The number of carbonyl (C=O) groups excluding carboxylic acids is 1. The van der Waals surface area contributed by atoms with Crippen LogP contribution in [0.15, 0.2) is 24.3 Å². The van der Waals surface area contributed by atoms with Gasteiger partial charge in [-0.1, -0.05) is 18.9 Å². The number of urea groups is 1. The maximum atomic E-state index is 12.1. The number of carbonyl (C=O) groups is 2. The average Bonchev–Trinajstić information content (AvgIpc) is 2.81. The lowest BCUT2D eigenvalue weighted by atomic mass is 9.99. The number of amides is 2. The first-order valence-electron chi connectivity index (χ1n) is 6.36. The number of carboxylic acids is 1. The highest BCUT2D eigenvalue weighted by Gasteiger charge is 2.36. The van der Waals surface area contributed by atoms with Gasteiger partial charge in [-0.15, -0.1) is 6.42 Å². The van der Waals surface area contributed by atoms with E-state index < -0.39 is 11.9 Å². The Bertz CT molecular complexity index is 577. The predicted octanol–water partition coefficient (Wildman–Crippen LogP) is 1.85. The number of rotatable bonds is 2. The summed E-state index contributed by atoms with van der Waals surface area (Å²) in [6.45, 7) is 2.51. The second-order valence-corrected chi connectivity index (χ2v) is 4.98. The van der Waals surface area contributed by atoms with Gasteiger partial charge in [0, 0.05) is 24.3 Å². The van der Waals surface area contributed by atoms with Crippen LogP contribution in [0.25, 0.3) is 0 Å². The summed E-state index contributed by atoms with van der Waals surface area (Å²) in [5.74, 6) is 1.09. The molecule has 1 fully saturated rings. The molecule has 0 spiro atoms. The topological polar surface area (TPSA) is 69.6 Å². The maximum Gasteiger partial charge on any atom is 0.321 e. The van der Waals surface area contributed by atoms with E-state index in [0.29, 0.717) is 17.8 Å². The van der Waals surface area contributed by atoms with Crippen LogP contribution in [-0.2, 0) is 4.79 Å². The Hall–Kier alpha value is -2.48. The molecule has 1 aromatic carbocycles. The second-order valence-electron chi connectivity index (χ2n) is 4.98. The molecule has 5 nitrogen and oxygen atoms in total. The van der Waals surface area contributed by atoms with Crippen LogP contribution < -0.4 is 5.32 Å². The van der Waals surface area contributed by atoms with Crippen LogP contribution in [0.5, 0.6) is 0 Å². The molecule has 2 amide bonds. The van der Waals surface area contributed by atoms with Crippen molar-refractivity contribution < 1.29 is 14.7 Å². The number of carboxylic acid groups (broad SMARTS) is 1. The van der Waals surface area contributed by atoms with Crippen molar-refractivity contribution in [3.8, 4) is 12.3 Å². The molecule has 1 saturated heterocycles. The highest BCUT2D eigenvalue weighted by molar-refractivity contribution is 5.90. The highest BCUT2D eigenvalue weighted by atomic mass is 16.4. The Morgan fingerprint density at radius 1 is 1.45 bits per heavy atom. The van der Waals surface area contributed by atoms with Gasteiger partial charge in [0.2, 0.25) is 0 Å². The first kappa shape index (κ1) is 13.9. The van der Waals surface area contributed by atoms with E-state index in [9.17, 15) is 9.59 Å². The van der Waals surface area contributed by atoms with Gasteiger partial charge < -0.3 is 15.3 Å². The smallest absolute Gasteiger partial charge is 0.321 e. The minimum absolute atomic E-state index is 0.0460. The van der Waals surface area contributed by atoms with E-state index in [2.05, 4.69) is 11.2 Å². The van der Waals surface area contributed by atoms with Crippen LogP contribution in [0.2, 0.25) is 0 Å². The van der Waals surface area contributed by atoms with Crippen LogP contribution in [0.4, 0.5) is 10.5 Å². The zero-order valence-corrected chi connectivity index (χ0v) is 11.2. The molecule has 0 unspecified atom stereocenters. The number of benzene rings is 1. The zero-order chi connectivity index (χ0) is 14.7. The molecule has 0 aromatic heterocycles. The first-order valence-corrected chi connectivity index (χ1v) is 6.36. The zero-order valence-electron chi connectivity index (χ0n) is 11.2. The third-order valence-corrected chi connectivity index (χ3v) is 3.50. The third-order valence-electron chi connectivity index (χ3n) is 3.50. The summed E-state index contributed by atoms with van der Waals surface area (Å²) in [6, 6.07) is 6.68. The molecule has 0 aliphatic carbocycles. The van der Waals surface area contributed by atoms with Crippen molar-refractivity contribution in [2.24, 2.45) is 11.8 Å². The van der Waals surface area contributed by atoms with Crippen LogP contribution in [0.3, 0.4) is 0 Å². The van der Waals surface area contributed by atoms with Gasteiger partial charge >= 0.3 is 12.0 Å². The molecule has 104 valence electrons. The summed E-state index contributed by atoms with van der Waals surface area (Å²) in [4.78, 5) is 24.7. The van der Waals surface area contributed by atoms with Gasteiger partial charge in [0.05, 0.1) is 5.92 Å². The quantitative estimate of drug-likeness (QED) is 0.807. The predicted molar refractivity (Wildman–Crippen MR) is 75.3 cm³/mol. The van der Waals surface area contributed by atoms with E-state index in [1.54, 1.807) is 24.3 Å². The Balaban J connectivity index is 2.03. The van der Waals surface area contributed by atoms with Crippen molar-refractivity contribution in [2.75, 3.05) is 18.4 Å². The Morgan fingerprint density at radius 2 is 2.20 bits per heavy atom. The molecule has 2 rings (SSSR count). The standard InChI is InChI=1S/C15H16N2O3/c1-3-11-5-4-6-12(7-11)16-15(20)17-8-10(2)13(9-17)14(18)19/h1,4-7,10,13H,8-9H2,2H3,(H,16,20)(H,18,19)/t10-,13-/m1/s1. The molecular weight excluding hydrogens is 256 g/mol.